The van der Waals surface area contributed by atoms with Gasteiger partial charge in [0, 0.05) is 30.6 Å². The highest BCUT2D eigenvalue weighted by Gasteiger charge is 2.34. The largest absolute Gasteiger partial charge is 0.493 e. The number of hydrogen-bond donors (Lipinski definition) is 3. The molecule has 3 atom stereocenters. The number of unbranched alkanes of at least 4 members (excludes halogenated alkanes) is 2. The lowest BCUT2D eigenvalue weighted by molar-refractivity contribution is -0.171. The normalized spacial score (nSPS) is 13.5. The number of nitrogens with zero attached hydrogens (tertiary/aromatic N) is 2. The fourth-order valence-corrected chi connectivity index (χ4v) is 7.50. The van der Waals surface area contributed by atoms with E-state index in [0.29, 0.717) is 43.5 Å². The molecule has 17 heteroatoms. The van der Waals surface area contributed by atoms with Crippen LogP contribution in [0.5, 0.6) is 5.75 Å². The van der Waals surface area contributed by atoms with Gasteiger partial charge in [-0.1, -0.05) is 69.5 Å². The summed E-state index contributed by atoms with van der Waals surface area (Å²) < 4.78 is 17.0. The van der Waals surface area contributed by atoms with Crippen molar-refractivity contribution in [2.24, 2.45) is 5.92 Å². The van der Waals surface area contributed by atoms with Crippen LogP contribution in [0.3, 0.4) is 0 Å². The van der Waals surface area contributed by atoms with Crippen molar-refractivity contribution in [1.29, 1.82) is 0 Å². The molecule has 4 aromatic rings. The molecule has 3 N–H and O–H groups in total. The Bertz CT molecular complexity index is 2330. The fourth-order valence-electron chi connectivity index (χ4n) is 7.50. The summed E-state index contributed by atoms with van der Waals surface area (Å²) in [5.74, 6) is -4.13. The van der Waals surface area contributed by atoms with Crippen LogP contribution in [0, 0.1) is 5.92 Å². The van der Waals surface area contributed by atoms with Crippen LogP contribution in [-0.2, 0) is 40.2 Å². The van der Waals surface area contributed by atoms with E-state index in [0.717, 1.165) is 29.9 Å². The molecule has 1 aliphatic rings. The number of furan rings is 1. The molecule has 5 rings (SSSR count). The number of rotatable bonds is 25. The summed E-state index contributed by atoms with van der Waals surface area (Å²) in [6.45, 7) is 7.28. The van der Waals surface area contributed by atoms with Gasteiger partial charge in [0.2, 0.25) is 18.2 Å². The molecule has 1 aromatic heterocycles. The van der Waals surface area contributed by atoms with Crippen molar-refractivity contribution in [2.75, 3.05) is 24.7 Å². The van der Waals surface area contributed by atoms with Crippen molar-refractivity contribution in [3.8, 4) is 17.1 Å². The first-order valence-corrected chi connectivity index (χ1v) is 22.2. The third kappa shape index (κ3) is 13.6. The summed E-state index contributed by atoms with van der Waals surface area (Å²) in [5.41, 5.74) is 2.10. The molecule has 1 aliphatic heterocycles. The molecular formula is C49H57N5O12. The summed E-state index contributed by atoms with van der Waals surface area (Å²) in [7, 11) is 0. The summed E-state index contributed by atoms with van der Waals surface area (Å²) in [6, 6.07) is 20.8. The number of carbonyl (C=O) groups is 8. The molecule has 2 heterocycles. The third-order valence-electron chi connectivity index (χ3n) is 10.9. The van der Waals surface area contributed by atoms with Crippen LogP contribution in [0.15, 0.2) is 89.3 Å². The van der Waals surface area contributed by atoms with Gasteiger partial charge in [-0.05, 0) is 87.2 Å². The van der Waals surface area contributed by atoms with Crippen molar-refractivity contribution in [2.45, 2.75) is 97.8 Å². The minimum Gasteiger partial charge on any atom is -0.493 e. The maximum Gasteiger partial charge on any atom is 0.363 e. The molecule has 0 aliphatic carbocycles. The summed E-state index contributed by atoms with van der Waals surface area (Å²) in [6.07, 6.45) is 4.31. The fraction of sp³-hybridized carbons (Fsp3) is 0.388. The number of anilines is 1. The van der Waals surface area contributed by atoms with E-state index in [1.165, 1.54) is 31.2 Å². The second-order valence-corrected chi connectivity index (χ2v) is 15.7. The first-order valence-electron chi connectivity index (χ1n) is 22.2. The van der Waals surface area contributed by atoms with Crippen molar-refractivity contribution >= 4 is 53.4 Å². The summed E-state index contributed by atoms with van der Waals surface area (Å²) in [4.78, 5) is 110. The van der Waals surface area contributed by atoms with Gasteiger partial charge in [-0.25, -0.2) is 9.59 Å². The van der Waals surface area contributed by atoms with Gasteiger partial charge in [0.05, 0.1) is 36.4 Å². The van der Waals surface area contributed by atoms with Crippen LogP contribution in [0.4, 0.5) is 5.69 Å². The van der Waals surface area contributed by atoms with Gasteiger partial charge < -0.3 is 39.6 Å². The van der Waals surface area contributed by atoms with E-state index < -0.39 is 47.7 Å². The topological polar surface area (TPSA) is 220 Å². The number of benzene rings is 3. The molecule has 17 nitrogen and oxygen atoms in total. The lowest BCUT2D eigenvalue weighted by atomic mass is 9.90. The highest BCUT2D eigenvalue weighted by molar-refractivity contribution is 6.01. The van der Waals surface area contributed by atoms with Gasteiger partial charge in [-0.2, -0.15) is 5.06 Å². The molecule has 0 unspecified atom stereocenters. The number of ether oxygens (including phenoxy) is 2. The molecule has 1 saturated heterocycles. The minimum atomic E-state index is -1.25. The number of ketones is 1. The first-order chi connectivity index (χ1) is 31.9. The maximum atomic E-state index is 13.7. The minimum absolute atomic E-state index is 0.00665. The van der Waals surface area contributed by atoms with E-state index >= 15 is 0 Å². The number of hydroxylamine groups is 2. The van der Waals surface area contributed by atoms with Crippen LogP contribution < -0.4 is 25.6 Å². The molecular weight excluding hydrogens is 851 g/mol. The van der Waals surface area contributed by atoms with E-state index in [1.54, 1.807) is 73.3 Å². The molecule has 0 spiro atoms. The van der Waals surface area contributed by atoms with Gasteiger partial charge >= 0.3 is 11.9 Å². The Morgan fingerprint density at radius 1 is 0.894 bits per heavy atom. The van der Waals surface area contributed by atoms with Crippen LogP contribution in [0.2, 0.25) is 0 Å². The first kappa shape index (κ1) is 49.7. The van der Waals surface area contributed by atoms with Crippen LogP contribution in [-0.4, -0.2) is 84.7 Å². The van der Waals surface area contributed by atoms with E-state index in [1.807, 2.05) is 13.0 Å². The van der Waals surface area contributed by atoms with Crippen LogP contribution >= 0.6 is 0 Å². The molecule has 0 radical (unpaired) electrons. The predicted molar refractivity (Wildman–Crippen MR) is 242 cm³/mol. The average Bonchev–Trinajstić information content (AvgIpc) is 4.00. The van der Waals surface area contributed by atoms with Gasteiger partial charge in [-0.15, -0.1) is 0 Å². The second-order valence-electron chi connectivity index (χ2n) is 15.7. The van der Waals surface area contributed by atoms with E-state index in [4.69, 9.17) is 18.7 Å². The molecule has 5 amide bonds. The Balaban J connectivity index is 1.20. The zero-order valence-corrected chi connectivity index (χ0v) is 37.7. The summed E-state index contributed by atoms with van der Waals surface area (Å²) >= 11 is 0. The lowest BCUT2D eigenvalue weighted by Gasteiger charge is -2.31. The number of nitrogens with one attached hydrogen (secondary N) is 3. The average molecular weight is 908 g/mol. The quantitative estimate of drug-likeness (QED) is 0.0219. The van der Waals surface area contributed by atoms with E-state index in [2.05, 4.69) is 16.0 Å². The Morgan fingerprint density at radius 2 is 1.65 bits per heavy atom. The Hall–Kier alpha value is -7.30. The smallest absolute Gasteiger partial charge is 0.363 e. The molecule has 0 saturated carbocycles. The highest BCUT2D eigenvalue weighted by Crippen LogP contribution is 2.30. The zero-order chi connectivity index (χ0) is 47.6. The predicted octanol–water partition coefficient (Wildman–Crippen LogP) is 6.30. The molecule has 0 bridgehead atoms. The number of Topliss-reactive ketones (excluding diaryl/α,β-unsaturated/α-hetero) is 1. The van der Waals surface area contributed by atoms with Gasteiger partial charge in [0.25, 0.3) is 11.8 Å². The number of amides is 5. The Kier molecular flexibility index (Phi) is 18.6. The van der Waals surface area contributed by atoms with Crippen molar-refractivity contribution < 1.29 is 57.1 Å². The van der Waals surface area contributed by atoms with Gasteiger partial charge in [-0.3, -0.25) is 28.8 Å². The number of hydrogen-bond acceptors (Lipinski definition) is 12. The Labute approximate surface area is 383 Å². The second kappa shape index (κ2) is 24.7. The van der Waals surface area contributed by atoms with Crippen LogP contribution in [0.1, 0.15) is 116 Å². The van der Waals surface area contributed by atoms with E-state index in [-0.39, 0.29) is 72.8 Å². The SMILES string of the molecule is CCCCC[C@@H](C(=O)NCNC(=O)c1ccc(-c2ccc(C(=O)N[C@@H](CC(C)=O)C(=O)OCc3ccccc3)c(OCC)c2)o1)[C@@H](CC)N(C=O)OC(=O)c1ccc(N2CCCC2=O)cc1. The molecule has 350 valence electrons. The molecule has 3 aromatic carbocycles. The molecule has 66 heavy (non-hydrogen) atoms. The monoisotopic (exact) mass is 907 g/mol. The lowest BCUT2D eigenvalue weighted by Crippen LogP contribution is -2.49. The van der Waals surface area contributed by atoms with Gasteiger partial charge in [0.1, 0.15) is 29.9 Å². The van der Waals surface area contributed by atoms with Crippen molar-refractivity contribution in [3.63, 3.8) is 0 Å². The summed E-state index contributed by atoms with van der Waals surface area (Å²) in [5, 5.41) is 8.80. The maximum absolute atomic E-state index is 13.7. The number of esters is 1. The zero-order valence-electron chi connectivity index (χ0n) is 37.7. The van der Waals surface area contributed by atoms with Crippen LogP contribution in [0.25, 0.3) is 11.3 Å². The van der Waals surface area contributed by atoms with E-state index in [9.17, 15) is 38.4 Å². The molecule has 1 fully saturated rings. The third-order valence-corrected chi connectivity index (χ3v) is 10.9. The number of carbonyl (C=O) groups excluding carboxylic acids is 8. The van der Waals surface area contributed by atoms with Gasteiger partial charge in [0.15, 0.2) is 5.76 Å². The van der Waals surface area contributed by atoms with Crippen molar-refractivity contribution in [3.05, 3.63) is 107 Å². The standard InChI is InChI=1S/C49H57N5O12/c1-5-8-10-16-37(40(6-2)54(31-55)66-48(61)34-18-21-36(22-19-34)53-26-13-17-44(53)57)45(58)50-30-51-47(60)42-25-24-41(65-42)35-20-23-38(43(28-35)63-7-3)46(59)52-39(27-32(4)56)49(62)64-29-33-14-11-9-12-15-33/h9,11-12,14-15,18-25,28,31,37,39-40H,5-8,10,13,16-17,26-27,29-30H2,1-4H3,(H,50,58)(H,51,60)(H,52,59)/t37-,39+,40-/m1/s1. The highest BCUT2D eigenvalue weighted by atomic mass is 16.7. The van der Waals surface area contributed by atoms with Crippen molar-refractivity contribution in [1.82, 2.24) is 21.0 Å². The Morgan fingerprint density at radius 3 is 2.30 bits per heavy atom.